The highest BCUT2D eigenvalue weighted by molar-refractivity contribution is 6.59. The van der Waals surface area contributed by atoms with E-state index < -0.39 is 30.4 Å². The van der Waals surface area contributed by atoms with E-state index in [1.807, 2.05) is 20.8 Å². The molecule has 4 rings (SSSR count). The number of hydrogen-bond acceptors (Lipinski definition) is 7. The minimum atomic E-state index is -1.66. The second-order valence-corrected chi connectivity index (χ2v) is 10.5. The Balaban J connectivity index is 1.52. The van der Waals surface area contributed by atoms with Gasteiger partial charge in [0.15, 0.2) is 0 Å². The Morgan fingerprint density at radius 1 is 1.11 bits per heavy atom. The lowest BCUT2D eigenvalue weighted by Crippen LogP contribution is -2.45. The Hall–Kier alpha value is -3.28. The Morgan fingerprint density at radius 2 is 1.79 bits per heavy atom. The number of carbonyl (C=O) groups excluding carboxylic acids is 1. The predicted octanol–water partition coefficient (Wildman–Crippen LogP) is 2.94. The summed E-state index contributed by atoms with van der Waals surface area (Å²) in [5.74, 6) is -1.37. The first-order chi connectivity index (χ1) is 18.0. The Labute approximate surface area is 221 Å². The maximum Gasteiger partial charge on any atom is 0.488 e. The molecule has 8 nitrogen and oxygen atoms in total. The van der Waals surface area contributed by atoms with Gasteiger partial charge in [0.05, 0.1) is 11.2 Å². The standard InChI is InChI=1S/C27H33BF2N4O4/c1-27(2,3)38-26(35)32-9-8-31-21-6-10-34(11-7-21)25-22-14-18(28(36)37)4-5-24(22)33-16-23(25)17-12-19(29)15-20(30)13-17/h4-5,12-16,21,31,36-37H,6-11H2,1-3H3,(H,32,35). The van der Waals surface area contributed by atoms with Gasteiger partial charge in [0.2, 0.25) is 0 Å². The van der Waals surface area contributed by atoms with Crippen LogP contribution in [0.3, 0.4) is 0 Å². The molecule has 38 heavy (non-hydrogen) atoms. The number of benzene rings is 2. The molecule has 11 heteroatoms. The molecule has 0 atom stereocenters. The van der Waals surface area contributed by atoms with Crippen molar-refractivity contribution in [3.05, 3.63) is 54.2 Å². The summed E-state index contributed by atoms with van der Waals surface area (Å²) >= 11 is 0. The van der Waals surface area contributed by atoms with Crippen LogP contribution in [-0.4, -0.2) is 66.1 Å². The number of rotatable bonds is 7. The fourth-order valence-electron chi connectivity index (χ4n) is 4.68. The van der Waals surface area contributed by atoms with Gasteiger partial charge in [0.25, 0.3) is 0 Å². The third-order valence-corrected chi connectivity index (χ3v) is 6.37. The Morgan fingerprint density at radius 3 is 2.42 bits per heavy atom. The molecule has 1 aliphatic rings. The normalized spacial score (nSPS) is 14.6. The van der Waals surface area contributed by atoms with E-state index in [-0.39, 0.29) is 6.04 Å². The molecule has 0 spiro atoms. The molecule has 1 amide bonds. The molecule has 1 aliphatic heterocycles. The van der Waals surface area contributed by atoms with Crippen LogP contribution in [0.15, 0.2) is 42.6 Å². The molecule has 0 aliphatic carbocycles. The molecule has 2 aromatic carbocycles. The average Bonchev–Trinajstić information content (AvgIpc) is 2.84. The highest BCUT2D eigenvalue weighted by Gasteiger charge is 2.25. The lowest BCUT2D eigenvalue weighted by molar-refractivity contribution is 0.0527. The number of ether oxygens (including phenoxy) is 1. The molecule has 0 unspecified atom stereocenters. The number of aromatic nitrogens is 1. The van der Waals surface area contributed by atoms with E-state index in [1.165, 1.54) is 12.1 Å². The fraction of sp³-hybridized carbons (Fsp3) is 0.407. The summed E-state index contributed by atoms with van der Waals surface area (Å²) in [5.41, 5.74) is 2.06. The lowest BCUT2D eigenvalue weighted by Gasteiger charge is -2.36. The molecule has 3 aromatic rings. The van der Waals surface area contributed by atoms with E-state index >= 15 is 0 Å². The molecular weight excluding hydrogens is 493 g/mol. The predicted molar refractivity (Wildman–Crippen MR) is 144 cm³/mol. The summed E-state index contributed by atoms with van der Waals surface area (Å²) in [5, 5.41) is 26.4. The van der Waals surface area contributed by atoms with Crippen LogP contribution in [0.4, 0.5) is 19.3 Å². The van der Waals surface area contributed by atoms with Gasteiger partial charge in [-0.2, -0.15) is 0 Å². The number of anilines is 1. The SMILES string of the molecule is CC(C)(C)OC(=O)NCCNC1CCN(c2c(-c3cc(F)cc(F)c3)cnc3ccc(B(O)O)cc23)CC1. The number of amides is 1. The van der Waals surface area contributed by atoms with Crippen LogP contribution in [0, 0.1) is 11.6 Å². The number of nitrogens with zero attached hydrogens (tertiary/aromatic N) is 2. The minimum Gasteiger partial charge on any atom is -0.444 e. The van der Waals surface area contributed by atoms with Gasteiger partial charge < -0.3 is 30.3 Å². The van der Waals surface area contributed by atoms with E-state index in [1.54, 1.807) is 24.4 Å². The van der Waals surface area contributed by atoms with Crippen LogP contribution in [-0.2, 0) is 4.74 Å². The molecule has 0 saturated carbocycles. The van der Waals surface area contributed by atoms with Crippen molar-refractivity contribution in [2.24, 2.45) is 0 Å². The molecular formula is C27H33BF2N4O4. The van der Waals surface area contributed by atoms with Crippen molar-refractivity contribution in [2.45, 2.75) is 45.3 Å². The molecule has 4 N–H and O–H groups in total. The van der Waals surface area contributed by atoms with Gasteiger partial charge in [-0.15, -0.1) is 0 Å². The number of alkyl carbamates (subject to hydrolysis) is 1. The maximum atomic E-state index is 14.1. The summed E-state index contributed by atoms with van der Waals surface area (Å²) in [4.78, 5) is 18.5. The highest BCUT2D eigenvalue weighted by atomic mass is 19.1. The van der Waals surface area contributed by atoms with Crippen molar-refractivity contribution in [2.75, 3.05) is 31.1 Å². The van der Waals surface area contributed by atoms with Crippen molar-refractivity contribution in [3.63, 3.8) is 0 Å². The van der Waals surface area contributed by atoms with Gasteiger partial charge in [-0.1, -0.05) is 12.1 Å². The Bertz CT molecular complexity index is 1270. The summed E-state index contributed by atoms with van der Waals surface area (Å²) in [7, 11) is -1.66. The number of fused-ring (bicyclic) bond motifs is 1. The highest BCUT2D eigenvalue weighted by Crippen LogP contribution is 2.38. The third kappa shape index (κ3) is 6.97. The van der Waals surface area contributed by atoms with Gasteiger partial charge in [0.1, 0.15) is 17.2 Å². The first-order valence-electron chi connectivity index (χ1n) is 12.7. The van der Waals surface area contributed by atoms with Crippen LogP contribution in [0.5, 0.6) is 0 Å². The Kier molecular flexibility index (Phi) is 8.49. The summed E-state index contributed by atoms with van der Waals surface area (Å²) in [6.07, 6.45) is 2.76. The largest absolute Gasteiger partial charge is 0.488 e. The van der Waals surface area contributed by atoms with E-state index in [2.05, 4.69) is 20.5 Å². The number of hydrogen-bond donors (Lipinski definition) is 4. The van der Waals surface area contributed by atoms with Gasteiger partial charge in [0, 0.05) is 55.4 Å². The smallest absolute Gasteiger partial charge is 0.444 e. The number of pyridine rings is 1. The zero-order valence-corrected chi connectivity index (χ0v) is 21.8. The van der Waals surface area contributed by atoms with Crippen molar-refractivity contribution in [3.8, 4) is 11.1 Å². The molecule has 2 heterocycles. The van der Waals surface area contributed by atoms with Gasteiger partial charge in [-0.25, -0.2) is 13.6 Å². The molecule has 202 valence electrons. The molecule has 0 bridgehead atoms. The fourth-order valence-corrected chi connectivity index (χ4v) is 4.68. The number of halogens is 2. The lowest BCUT2D eigenvalue weighted by atomic mass is 9.79. The van der Waals surface area contributed by atoms with Crippen molar-refractivity contribution in [1.82, 2.24) is 15.6 Å². The summed E-state index contributed by atoms with van der Waals surface area (Å²) in [6, 6.07) is 8.55. The average molecular weight is 526 g/mol. The van der Waals surface area contributed by atoms with E-state index in [0.29, 0.717) is 53.7 Å². The van der Waals surface area contributed by atoms with Crippen molar-refractivity contribution < 1.29 is 28.4 Å². The number of carbonyl (C=O) groups is 1. The van der Waals surface area contributed by atoms with Gasteiger partial charge >= 0.3 is 13.2 Å². The first-order valence-corrected chi connectivity index (χ1v) is 12.7. The molecule has 0 radical (unpaired) electrons. The second kappa shape index (κ2) is 11.6. The van der Waals surface area contributed by atoms with Gasteiger partial charge in [-0.05, 0) is 62.8 Å². The summed E-state index contributed by atoms with van der Waals surface area (Å²) < 4.78 is 33.5. The van der Waals surface area contributed by atoms with Gasteiger partial charge in [-0.3, -0.25) is 4.98 Å². The van der Waals surface area contributed by atoms with E-state index in [4.69, 9.17) is 4.74 Å². The molecule has 1 saturated heterocycles. The van der Waals surface area contributed by atoms with Crippen LogP contribution < -0.4 is 21.0 Å². The van der Waals surface area contributed by atoms with E-state index in [9.17, 15) is 23.6 Å². The van der Waals surface area contributed by atoms with Crippen LogP contribution in [0.25, 0.3) is 22.0 Å². The topological polar surface area (TPSA) is 107 Å². The third-order valence-electron chi connectivity index (χ3n) is 6.37. The minimum absolute atomic E-state index is 0.227. The quantitative estimate of drug-likeness (QED) is 0.277. The zero-order valence-electron chi connectivity index (χ0n) is 21.8. The molecule has 1 fully saturated rings. The van der Waals surface area contributed by atoms with Crippen molar-refractivity contribution in [1.29, 1.82) is 0 Å². The molecule has 1 aromatic heterocycles. The van der Waals surface area contributed by atoms with Crippen LogP contribution >= 0.6 is 0 Å². The zero-order chi connectivity index (χ0) is 27.4. The monoisotopic (exact) mass is 526 g/mol. The number of piperidine rings is 1. The van der Waals surface area contributed by atoms with Crippen LogP contribution in [0.2, 0.25) is 0 Å². The number of nitrogens with one attached hydrogen (secondary N) is 2. The van der Waals surface area contributed by atoms with E-state index in [0.717, 1.165) is 24.6 Å². The maximum absolute atomic E-state index is 14.1. The van der Waals surface area contributed by atoms with Crippen molar-refractivity contribution >= 4 is 35.3 Å². The second-order valence-electron chi connectivity index (χ2n) is 10.5. The first kappa shape index (κ1) is 27.8. The van der Waals surface area contributed by atoms with Crippen LogP contribution in [0.1, 0.15) is 33.6 Å². The summed E-state index contributed by atoms with van der Waals surface area (Å²) in [6.45, 7) is 7.79.